The summed E-state index contributed by atoms with van der Waals surface area (Å²) in [6.07, 6.45) is 0. The highest BCUT2D eigenvalue weighted by atomic mass is 35.5. The van der Waals surface area contributed by atoms with E-state index in [2.05, 4.69) is 10.3 Å². The van der Waals surface area contributed by atoms with Gasteiger partial charge < -0.3 is 5.32 Å². The second-order valence-corrected chi connectivity index (χ2v) is 6.97. The molecule has 1 aromatic heterocycles. The van der Waals surface area contributed by atoms with Crippen LogP contribution in [0.5, 0.6) is 0 Å². The standard InChI is InChI=1S/C15H11Cl3N2S/c1-8(11-4-2-9(16)6-12(11)18)19-15-20-13-5-3-10(17)7-14(13)21-15/h2-8H,1H3,(H,19,20). The Morgan fingerprint density at radius 1 is 1.05 bits per heavy atom. The molecule has 0 aliphatic heterocycles. The number of nitrogens with zero attached hydrogens (tertiary/aromatic N) is 1. The van der Waals surface area contributed by atoms with Crippen molar-refractivity contribution in [1.82, 2.24) is 4.98 Å². The van der Waals surface area contributed by atoms with E-state index >= 15 is 0 Å². The van der Waals surface area contributed by atoms with Crippen LogP contribution in [-0.4, -0.2) is 4.98 Å². The normalized spacial score (nSPS) is 12.6. The summed E-state index contributed by atoms with van der Waals surface area (Å²) in [5, 5.41) is 6.19. The first-order valence-electron chi connectivity index (χ1n) is 6.30. The van der Waals surface area contributed by atoms with Crippen LogP contribution in [0.1, 0.15) is 18.5 Å². The van der Waals surface area contributed by atoms with E-state index in [9.17, 15) is 0 Å². The summed E-state index contributed by atoms with van der Waals surface area (Å²) >= 11 is 19.7. The Kier molecular flexibility index (Phi) is 4.27. The first-order valence-corrected chi connectivity index (χ1v) is 8.25. The fourth-order valence-corrected chi connectivity index (χ4v) is 3.88. The number of benzene rings is 2. The number of anilines is 1. The lowest BCUT2D eigenvalue weighted by molar-refractivity contribution is 0.883. The van der Waals surface area contributed by atoms with Gasteiger partial charge in [0.15, 0.2) is 5.13 Å². The van der Waals surface area contributed by atoms with E-state index in [0.717, 1.165) is 20.9 Å². The molecule has 1 atom stereocenters. The molecular formula is C15H11Cl3N2S. The molecule has 0 saturated carbocycles. The molecule has 2 aromatic carbocycles. The topological polar surface area (TPSA) is 24.9 Å². The third kappa shape index (κ3) is 3.27. The second-order valence-electron chi connectivity index (χ2n) is 4.66. The molecule has 21 heavy (non-hydrogen) atoms. The Balaban J connectivity index is 1.87. The van der Waals surface area contributed by atoms with Crippen LogP contribution >= 0.6 is 46.1 Å². The Morgan fingerprint density at radius 2 is 1.76 bits per heavy atom. The zero-order chi connectivity index (χ0) is 15.0. The molecule has 0 radical (unpaired) electrons. The minimum atomic E-state index is 0.0331. The molecular weight excluding hydrogens is 347 g/mol. The molecule has 0 aliphatic rings. The number of hydrogen-bond donors (Lipinski definition) is 1. The number of rotatable bonds is 3. The Labute approximate surface area is 141 Å². The molecule has 0 aliphatic carbocycles. The van der Waals surface area contributed by atoms with Gasteiger partial charge in [0.1, 0.15) is 0 Å². The van der Waals surface area contributed by atoms with Crippen molar-refractivity contribution in [3.63, 3.8) is 0 Å². The summed E-state index contributed by atoms with van der Waals surface area (Å²) in [6.45, 7) is 2.04. The van der Waals surface area contributed by atoms with Gasteiger partial charge >= 0.3 is 0 Å². The highest BCUT2D eigenvalue weighted by Gasteiger charge is 2.12. The second kappa shape index (κ2) is 6.01. The molecule has 1 N–H and O–H groups in total. The van der Waals surface area contributed by atoms with Crippen LogP contribution in [0.25, 0.3) is 10.2 Å². The van der Waals surface area contributed by atoms with E-state index in [1.807, 2.05) is 37.3 Å². The maximum Gasteiger partial charge on any atom is 0.184 e. The number of hydrogen-bond acceptors (Lipinski definition) is 3. The maximum atomic E-state index is 6.23. The summed E-state index contributed by atoms with van der Waals surface area (Å²) in [6, 6.07) is 11.2. The lowest BCUT2D eigenvalue weighted by atomic mass is 10.1. The summed E-state index contributed by atoms with van der Waals surface area (Å²) < 4.78 is 1.06. The lowest BCUT2D eigenvalue weighted by Crippen LogP contribution is -2.06. The molecule has 1 unspecified atom stereocenters. The summed E-state index contributed by atoms with van der Waals surface area (Å²) in [4.78, 5) is 4.55. The number of aromatic nitrogens is 1. The average Bonchev–Trinajstić information content (AvgIpc) is 2.79. The van der Waals surface area contributed by atoms with E-state index in [0.29, 0.717) is 15.1 Å². The van der Waals surface area contributed by atoms with Gasteiger partial charge in [-0.15, -0.1) is 0 Å². The molecule has 0 amide bonds. The third-order valence-corrected chi connectivity index (χ3v) is 4.87. The van der Waals surface area contributed by atoms with Crippen molar-refractivity contribution in [2.24, 2.45) is 0 Å². The quantitative estimate of drug-likeness (QED) is 0.584. The van der Waals surface area contributed by atoms with Gasteiger partial charge in [-0.1, -0.05) is 52.2 Å². The number of nitrogens with one attached hydrogen (secondary N) is 1. The molecule has 0 fully saturated rings. The molecule has 0 spiro atoms. The van der Waals surface area contributed by atoms with E-state index in [-0.39, 0.29) is 6.04 Å². The van der Waals surface area contributed by atoms with Gasteiger partial charge in [0.05, 0.1) is 16.3 Å². The fraction of sp³-hybridized carbons (Fsp3) is 0.133. The smallest absolute Gasteiger partial charge is 0.184 e. The fourth-order valence-electron chi connectivity index (χ4n) is 2.08. The van der Waals surface area contributed by atoms with Gasteiger partial charge in [0, 0.05) is 15.1 Å². The molecule has 6 heteroatoms. The van der Waals surface area contributed by atoms with Crippen LogP contribution in [0.4, 0.5) is 5.13 Å². The minimum Gasteiger partial charge on any atom is -0.355 e. The van der Waals surface area contributed by atoms with E-state index in [1.165, 1.54) is 0 Å². The Morgan fingerprint density at radius 3 is 2.52 bits per heavy atom. The summed E-state index contributed by atoms with van der Waals surface area (Å²) in [5.41, 5.74) is 1.92. The highest BCUT2D eigenvalue weighted by Crippen LogP contribution is 2.32. The zero-order valence-electron chi connectivity index (χ0n) is 11.0. The van der Waals surface area contributed by atoms with E-state index in [4.69, 9.17) is 34.8 Å². The Hall–Kier alpha value is -1.000. The predicted molar refractivity (Wildman–Crippen MR) is 93.1 cm³/mol. The van der Waals surface area contributed by atoms with Crippen molar-refractivity contribution >= 4 is 61.5 Å². The largest absolute Gasteiger partial charge is 0.355 e. The first kappa shape index (κ1) is 14.9. The van der Waals surface area contributed by atoms with Crippen molar-refractivity contribution in [3.8, 4) is 0 Å². The maximum absolute atomic E-state index is 6.23. The van der Waals surface area contributed by atoms with Gasteiger partial charge in [0.25, 0.3) is 0 Å². The summed E-state index contributed by atoms with van der Waals surface area (Å²) in [7, 11) is 0. The van der Waals surface area contributed by atoms with Crippen molar-refractivity contribution in [2.45, 2.75) is 13.0 Å². The van der Waals surface area contributed by atoms with Gasteiger partial charge in [-0.05, 0) is 42.8 Å². The molecule has 3 aromatic rings. The molecule has 3 rings (SSSR count). The average molecular weight is 358 g/mol. The molecule has 1 heterocycles. The van der Waals surface area contributed by atoms with Gasteiger partial charge in [-0.3, -0.25) is 0 Å². The van der Waals surface area contributed by atoms with E-state index in [1.54, 1.807) is 17.4 Å². The van der Waals surface area contributed by atoms with Crippen LogP contribution in [0.2, 0.25) is 15.1 Å². The van der Waals surface area contributed by atoms with Crippen LogP contribution in [0.3, 0.4) is 0 Å². The Bertz CT molecular complexity index is 801. The van der Waals surface area contributed by atoms with Crippen molar-refractivity contribution in [1.29, 1.82) is 0 Å². The molecule has 0 bridgehead atoms. The van der Waals surface area contributed by atoms with E-state index < -0.39 is 0 Å². The predicted octanol–water partition coefficient (Wildman–Crippen LogP) is 6.43. The number of fused-ring (bicyclic) bond motifs is 1. The minimum absolute atomic E-state index is 0.0331. The van der Waals surface area contributed by atoms with Crippen molar-refractivity contribution < 1.29 is 0 Å². The van der Waals surface area contributed by atoms with Crippen molar-refractivity contribution in [3.05, 3.63) is 57.0 Å². The first-order chi connectivity index (χ1) is 10.0. The third-order valence-electron chi connectivity index (χ3n) is 3.12. The number of thiazole rings is 1. The van der Waals surface area contributed by atoms with Gasteiger partial charge in [-0.2, -0.15) is 0 Å². The number of halogens is 3. The highest BCUT2D eigenvalue weighted by molar-refractivity contribution is 7.22. The monoisotopic (exact) mass is 356 g/mol. The van der Waals surface area contributed by atoms with Crippen LogP contribution in [0, 0.1) is 0 Å². The SMILES string of the molecule is CC(Nc1nc2ccc(Cl)cc2s1)c1ccc(Cl)cc1Cl. The van der Waals surface area contributed by atoms with Gasteiger partial charge in [0.2, 0.25) is 0 Å². The van der Waals surface area contributed by atoms with Crippen LogP contribution < -0.4 is 5.32 Å². The molecule has 108 valence electrons. The molecule has 0 saturated heterocycles. The molecule has 2 nitrogen and oxygen atoms in total. The lowest BCUT2D eigenvalue weighted by Gasteiger charge is -2.14. The van der Waals surface area contributed by atoms with Gasteiger partial charge in [-0.25, -0.2) is 4.98 Å². The van der Waals surface area contributed by atoms with Crippen LogP contribution in [-0.2, 0) is 0 Å². The van der Waals surface area contributed by atoms with Crippen LogP contribution in [0.15, 0.2) is 36.4 Å². The summed E-state index contributed by atoms with van der Waals surface area (Å²) in [5.74, 6) is 0. The van der Waals surface area contributed by atoms with Crippen molar-refractivity contribution in [2.75, 3.05) is 5.32 Å². The zero-order valence-corrected chi connectivity index (χ0v) is 14.1.